The Kier molecular flexibility index (Phi) is 5.10. The second kappa shape index (κ2) is 6.63. The summed E-state index contributed by atoms with van der Waals surface area (Å²) in [7, 11) is 3.48. The van der Waals surface area contributed by atoms with Gasteiger partial charge in [-0.25, -0.2) is 0 Å². The van der Waals surface area contributed by atoms with E-state index in [-0.39, 0.29) is 12.2 Å². The molecular formula is C15H22N2O2S. The van der Waals surface area contributed by atoms with Crippen LogP contribution in [0.15, 0.2) is 18.2 Å². The molecule has 0 saturated carbocycles. The molecule has 2 unspecified atom stereocenters. The summed E-state index contributed by atoms with van der Waals surface area (Å²) in [6.07, 6.45) is 0.299. The van der Waals surface area contributed by atoms with Crippen molar-refractivity contribution < 1.29 is 9.47 Å². The van der Waals surface area contributed by atoms with E-state index >= 15 is 0 Å². The van der Waals surface area contributed by atoms with E-state index in [9.17, 15) is 0 Å². The van der Waals surface area contributed by atoms with Crippen LogP contribution in [-0.2, 0) is 16.0 Å². The fourth-order valence-corrected chi connectivity index (χ4v) is 2.79. The van der Waals surface area contributed by atoms with Crippen LogP contribution in [0, 0.1) is 6.92 Å². The zero-order chi connectivity index (χ0) is 14.7. The van der Waals surface area contributed by atoms with Crippen LogP contribution in [0.3, 0.4) is 0 Å². The fraction of sp³-hybridized carbons (Fsp3) is 0.533. The third kappa shape index (κ3) is 3.35. The number of nitrogens with two attached hydrogens (primary N) is 1. The lowest BCUT2D eigenvalue weighted by atomic mass is 10.0. The van der Waals surface area contributed by atoms with E-state index in [1.54, 1.807) is 14.2 Å². The average Bonchev–Trinajstić information content (AvgIpc) is 2.83. The van der Waals surface area contributed by atoms with Gasteiger partial charge in [-0.3, -0.25) is 4.90 Å². The molecule has 0 aliphatic carbocycles. The zero-order valence-electron chi connectivity index (χ0n) is 12.3. The lowest BCUT2D eigenvalue weighted by Gasteiger charge is -2.17. The van der Waals surface area contributed by atoms with Crippen molar-refractivity contribution in [2.75, 3.05) is 27.3 Å². The topological polar surface area (TPSA) is 47.7 Å². The van der Waals surface area contributed by atoms with Crippen molar-refractivity contribution in [1.29, 1.82) is 0 Å². The average molecular weight is 294 g/mol. The van der Waals surface area contributed by atoms with Crippen molar-refractivity contribution in [3.05, 3.63) is 34.9 Å². The predicted octanol–water partition coefficient (Wildman–Crippen LogP) is 1.47. The molecule has 5 heteroatoms. The zero-order valence-corrected chi connectivity index (χ0v) is 13.1. The van der Waals surface area contributed by atoms with Crippen molar-refractivity contribution in [3.8, 4) is 0 Å². The van der Waals surface area contributed by atoms with Crippen LogP contribution < -0.4 is 5.73 Å². The van der Waals surface area contributed by atoms with Gasteiger partial charge in [0, 0.05) is 39.4 Å². The predicted molar refractivity (Wildman–Crippen MR) is 83.9 cm³/mol. The second-order valence-electron chi connectivity index (χ2n) is 5.25. The maximum atomic E-state index is 5.66. The number of hydrogen-bond acceptors (Lipinski definition) is 4. The van der Waals surface area contributed by atoms with Crippen LogP contribution in [0.25, 0.3) is 0 Å². The molecule has 1 saturated heterocycles. The summed E-state index contributed by atoms with van der Waals surface area (Å²) in [5.74, 6) is 0. The van der Waals surface area contributed by atoms with Gasteiger partial charge in [-0.1, -0.05) is 24.4 Å². The van der Waals surface area contributed by atoms with E-state index in [2.05, 4.69) is 24.0 Å². The Labute approximate surface area is 125 Å². The van der Waals surface area contributed by atoms with Gasteiger partial charge in [-0.2, -0.15) is 0 Å². The Morgan fingerprint density at radius 3 is 2.35 bits per heavy atom. The summed E-state index contributed by atoms with van der Waals surface area (Å²) in [6, 6.07) is 6.14. The van der Waals surface area contributed by atoms with Gasteiger partial charge >= 0.3 is 0 Å². The maximum absolute atomic E-state index is 5.66. The Morgan fingerprint density at radius 2 is 1.90 bits per heavy atom. The number of benzene rings is 1. The molecule has 20 heavy (non-hydrogen) atoms. The minimum atomic E-state index is 0.149. The second-order valence-corrected chi connectivity index (χ2v) is 5.69. The minimum Gasteiger partial charge on any atom is -0.389 e. The number of ether oxygens (including phenoxy) is 2. The Bertz CT molecular complexity index is 481. The highest BCUT2D eigenvalue weighted by Crippen LogP contribution is 2.20. The quantitative estimate of drug-likeness (QED) is 0.834. The van der Waals surface area contributed by atoms with Crippen LogP contribution in [0.1, 0.15) is 16.7 Å². The molecule has 1 aliphatic rings. The van der Waals surface area contributed by atoms with Crippen molar-refractivity contribution >= 4 is 17.2 Å². The smallest absolute Gasteiger partial charge is 0.103 e. The molecule has 1 aromatic rings. The first kappa shape index (κ1) is 15.4. The van der Waals surface area contributed by atoms with Gasteiger partial charge in [0.25, 0.3) is 0 Å². The molecule has 0 amide bonds. The number of thiocarbonyl (C=S) groups is 1. The molecule has 0 radical (unpaired) electrons. The van der Waals surface area contributed by atoms with Gasteiger partial charge in [-0.15, -0.1) is 0 Å². The molecule has 0 bridgehead atoms. The van der Waals surface area contributed by atoms with Crippen molar-refractivity contribution in [3.63, 3.8) is 0 Å². The SMILES string of the molecule is COC1CN(Cc2ccc(C(N)=S)cc2C)CC1OC. The van der Waals surface area contributed by atoms with Crippen LogP contribution in [0.4, 0.5) is 0 Å². The molecule has 1 heterocycles. The highest BCUT2D eigenvalue weighted by molar-refractivity contribution is 7.80. The van der Waals surface area contributed by atoms with E-state index in [1.807, 2.05) is 6.07 Å². The third-order valence-electron chi connectivity index (χ3n) is 3.92. The first-order valence-electron chi connectivity index (χ1n) is 6.72. The summed E-state index contributed by atoms with van der Waals surface area (Å²) in [4.78, 5) is 2.80. The molecule has 0 spiro atoms. The van der Waals surface area contributed by atoms with Crippen molar-refractivity contribution in [1.82, 2.24) is 4.90 Å². The van der Waals surface area contributed by atoms with Gasteiger partial charge < -0.3 is 15.2 Å². The van der Waals surface area contributed by atoms with Crippen molar-refractivity contribution in [2.45, 2.75) is 25.7 Å². The maximum Gasteiger partial charge on any atom is 0.103 e. The Morgan fingerprint density at radius 1 is 1.30 bits per heavy atom. The third-order valence-corrected chi connectivity index (χ3v) is 4.15. The molecule has 2 rings (SSSR count). The van der Waals surface area contributed by atoms with Crippen LogP contribution >= 0.6 is 12.2 Å². The molecule has 110 valence electrons. The van der Waals surface area contributed by atoms with Gasteiger partial charge in [0.05, 0.1) is 12.2 Å². The van der Waals surface area contributed by atoms with Gasteiger partial charge in [0.1, 0.15) is 4.99 Å². The fourth-order valence-electron chi connectivity index (χ4n) is 2.67. The first-order valence-corrected chi connectivity index (χ1v) is 7.13. The van der Waals surface area contributed by atoms with Crippen LogP contribution in [-0.4, -0.2) is 49.4 Å². The van der Waals surface area contributed by atoms with E-state index in [0.717, 1.165) is 25.2 Å². The van der Waals surface area contributed by atoms with Crippen LogP contribution in [0.2, 0.25) is 0 Å². The highest BCUT2D eigenvalue weighted by atomic mass is 32.1. The molecular weight excluding hydrogens is 272 g/mol. The largest absolute Gasteiger partial charge is 0.389 e. The molecule has 1 aliphatic heterocycles. The normalized spacial score (nSPS) is 23.1. The van der Waals surface area contributed by atoms with E-state index in [4.69, 9.17) is 27.4 Å². The van der Waals surface area contributed by atoms with Gasteiger partial charge in [0.2, 0.25) is 0 Å². The first-order chi connectivity index (χ1) is 9.55. The van der Waals surface area contributed by atoms with E-state index in [1.165, 1.54) is 11.1 Å². The van der Waals surface area contributed by atoms with E-state index in [0.29, 0.717) is 4.99 Å². The standard InChI is InChI=1S/C15H22N2O2S/c1-10-6-11(15(16)20)4-5-12(10)7-17-8-13(18-2)14(9-17)19-3/h4-6,13-14H,7-9H2,1-3H3,(H2,16,20). The monoisotopic (exact) mass is 294 g/mol. The number of nitrogens with zero attached hydrogens (tertiary/aromatic N) is 1. The Balaban J connectivity index is 2.06. The molecule has 1 fully saturated rings. The van der Waals surface area contributed by atoms with Gasteiger partial charge in [-0.05, 0) is 24.1 Å². The Hall–Kier alpha value is -1.01. The number of likely N-dealkylation sites (tertiary alicyclic amines) is 1. The lowest BCUT2D eigenvalue weighted by molar-refractivity contribution is -0.00461. The molecule has 2 N–H and O–H groups in total. The minimum absolute atomic E-state index is 0.149. The van der Waals surface area contributed by atoms with E-state index < -0.39 is 0 Å². The summed E-state index contributed by atoms with van der Waals surface area (Å²) >= 11 is 5.01. The molecule has 0 aromatic heterocycles. The molecule has 2 atom stereocenters. The molecule has 4 nitrogen and oxygen atoms in total. The summed E-state index contributed by atoms with van der Waals surface area (Å²) in [5, 5.41) is 0. The summed E-state index contributed by atoms with van der Waals surface area (Å²) in [5.41, 5.74) is 9.08. The van der Waals surface area contributed by atoms with Gasteiger partial charge in [0.15, 0.2) is 0 Å². The summed E-state index contributed by atoms with van der Waals surface area (Å²) in [6.45, 7) is 4.77. The molecule has 1 aromatic carbocycles. The lowest BCUT2D eigenvalue weighted by Crippen LogP contribution is -2.27. The van der Waals surface area contributed by atoms with Crippen molar-refractivity contribution in [2.24, 2.45) is 5.73 Å². The number of methoxy groups -OCH3 is 2. The summed E-state index contributed by atoms with van der Waals surface area (Å²) < 4.78 is 10.9. The number of hydrogen-bond donors (Lipinski definition) is 1. The van der Waals surface area contributed by atoms with Crippen LogP contribution in [0.5, 0.6) is 0 Å². The number of rotatable bonds is 5. The number of aryl methyl sites for hydroxylation is 1. The highest BCUT2D eigenvalue weighted by Gasteiger charge is 2.32.